The first-order valence-electron chi connectivity index (χ1n) is 3.41. The van der Waals surface area contributed by atoms with Crippen LogP contribution in [0.15, 0.2) is 18.2 Å². The quantitative estimate of drug-likeness (QED) is 0.613. The van der Waals surface area contributed by atoms with Crippen LogP contribution in [0.4, 0.5) is 0 Å². The number of nitrogens with one attached hydrogen (secondary N) is 1. The Labute approximate surface area is 74.6 Å². The molecule has 1 N–H and O–H groups in total. The molecule has 1 aromatic heterocycles. The lowest BCUT2D eigenvalue weighted by molar-refractivity contribution is 1.28. The summed E-state index contributed by atoms with van der Waals surface area (Å²) in [5.74, 6) is 2.96. The van der Waals surface area contributed by atoms with Crippen molar-refractivity contribution in [2.45, 2.75) is 0 Å². The molecule has 0 aliphatic heterocycles. The Bertz CT molecular complexity index is 465. The van der Waals surface area contributed by atoms with E-state index in [2.05, 4.69) is 15.9 Å². The van der Waals surface area contributed by atoms with Crippen molar-refractivity contribution in [2.24, 2.45) is 0 Å². The van der Waals surface area contributed by atoms with Crippen LogP contribution in [-0.4, -0.2) is 9.97 Å². The fourth-order valence-corrected chi connectivity index (χ4v) is 1.22. The Hall–Kier alpha value is -1.46. The van der Waals surface area contributed by atoms with Crippen LogP contribution in [0, 0.1) is 12.3 Å². The maximum atomic E-state index is 5.77. The summed E-state index contributed by atoms with van der Waals surface area (Å²) >= 11 is 5.77. The first-order valence-corrected chi connectivity index (χ1v) is 3.79. The SMILES string of the molecule is C#Cc1nc2ccc(Cl)cc2[nH]1. The number of hydrogen-bond donors (Lipinski definition) is 1. The predicted molar refractivity (Wildman–Crippen MR) is 49.0 cm³/mol. The van der Waals surface area contributed by atoms with Gasteiger partial charge in [-0.05, 0) is 24.1 Å². The Balaban J connectivity index is 2.77. The molecule has 0 atom stereocenters. The second kappa shape index (κ2) is 2.54. The molecule has 12 heavy (non-hydrogen) atoms. The molecule has 0 spiro atoms. The molecule has 2 aromatic rings. The summed E-state index contributed by atoms with van der Waals surface area (Å²) in [6.07, 6.45) is 5.17. The number of nitrogens with zero attached hydrogens (tertiary/aromatic N) is 1. The molecular formula is C9H5ClN2. The van der Waals surface area contributed by atoms with Gasteiger partial charge in [-0.2, -0.15) is 0 Å². The summed E-state index contributed by atoms with van der Waals surface area (Å²) in [5.41, 5.74) is 1.71. The zero-order valence-electron chi connectivity index (χ0n) is 6.13. The maximum Gasteiger partial charge on any atom is 0.183 e. The Morgan fingerprint density at radius 1 is 1.50 bits per heavy atom. The van der Waals surface area contributed by atoms with Crippen LogP contribution in [0.5, 0.6) is 0 Å². The lowest BCUT2D eigenvalue weighted by Crippen LogP contribution is -1.71. The number of fused-ring (bicyclic) bond motifs is 1. The van der Waals surface area contributed by atoms with Gasteiger partial charge in [-0.25, -0.2) is 4.98 Å². The number of benzene rings is 1. The van der Waals surface area contributed by atoms with Crippen molar-refractivity contribution in [1.82, 2.24) is 9.97 Å². The van der Waals surface area contributed by atoms with E-state index in [1.807, 2.05) is 6.07 Å². The van der Waals surface area contributed by atoms with Crippen molar-refractivity contribution in [2.75, 3.05) is 0 Å². The van der Waals surface area contributed by atoms with E-state index in [4.69, 9.17) is 18.0 Å². The highest BCUT2D eigenvalue weighted by Gasteiger charge is 1.99. The minimum Gasteiger partial charge on any atom is -0.331 e. The van der Waals surface area contributed by atoms with Crippen molar-refractivity contribution in [3.63, 3.8) is 0 Å². The fraction of sp³-hybridized carbons (Fsp3) is 0. The maximum absolute atomic E-state index is 5.77. The Morgan fingerprint density at radius 2 is 2.33 bits per heavy atom. The van der Waals surface area contributed by atoms with Gasteiger partial charge in [0.15, 0.2) is 5.82 Å². The Kier molecular flexibility index (Phi) is 1.53. The van der Waals surface area contributed by atoms with Crippen LogP contribution in [0.1, 0.15) is 5.82 Å². The van der Waals surface area contributed by atoms with Crippen LogP contribution >= 0.6 is 11.6 Å². The molecule has 0 bridgehead atoms. The van der Waals surface area contributed by atoms with Crippen LogP contribution in [0.3, 0.4) is 0 Å². The minimum atomic E-state index is 0.535. The van der Waals surface area contributed by atoms with Gasteiger partial charge in [-0.3, -0.25) is 0 Å². The molecule has 1 aromatic carbocycles. The standard InChI is InChI=1S/C9H5ClN2/c1-2-9-11-7-4-3-6(10)5-8(7)12-9/h1,3-5H,(H,11,12). The largest absolute Gasteiger partial charge is 0.331 e. The monoisotopic (exact) mass is 176 g/mol. The molecule has 0 fully saturated rings. The normalized spacial score (nSPS) is 10.0. The van der Waals surface area contributed by atoms with Crippen molar-refractivity contribution < 1.29 is 0 Å². The second-order valence-corrected chi connectivity index (χ2v) is 2.83. The van der Waals surface area contributed by atoms with Crippen LogP contribution in [0.25, 0.3) is 11.0 Å². The number of hydrogen-bond acceptors (Lipinski definition) is 1. The zero-order valence-corrected chi connectivity index (χ0v) is 6.89. The van der Waals surface area contributed by atoms with Crippen molar-refractivity contribution in [1.29, 1.82) is 0 Å². The van der Waals surface area contributed by atoms with Gasteiger partial charge in [-0.15, -0.1) is 6.42 Å². The van der Waals surface area contributed by atoms with Gasteiger partial charge in [0.05, 0.1) is 11.0 Å². The van der Waals surface area contributed by atoms with E-state index in [1.165, 1.54) is 0 Å². The lowest BCUT2D eigenvalue weighted by atomic mass is 10.3. The number of aromatic nitrogens is 2. The van der Waals surface area contributed by atoms with Crippen LogP contribution in [0.2, 0.25) is 5.02 Å². The molecule has 0 saturated heterocycles. The summed E-state index contributed by atoms with van der Waals surface area (Å²) in [7, 11) is 0. The second-order valence-electron chi connectivity index (χ2n) is 2.39. The molecule has 0 unspecified atom stereocenters. The molecule has 0 saturated carbocycles. The molecule has 3 heteroatoms. The number of aromatic amines is 1. The number of imidazole rings is 1. The molecule has 1 heterocycles. The topological polar surface area (TPSA) is 28.7 Å². The highest BCUT2D eigenvalue weighted by atomic mass is 35.5. The van der Waals surface area contributed by atoms with Crippen molar-refractivity contribution in [3.8, 4) is 12.3 Å². The third-order valence-electron chi connectivity index (χ3n) is 1.58. The number of rotatable bonds is 0. The van der Waals surface area contributed by atoms with Crippen LogP contribution < -0.4 is 0 Å². The molecular weight excluding hydrogens is 172 g/mol. The first kappa shape index (κ1) is 7.20. The summed E-state index contributed by atoms with van der Waals surface area (Å²) in [6.45, 7) is 0. The van der Waals surface area contributed by atoms with E-state index >= 15 is 0 Å². The summed E-state index contributed by atoms with van der Waals surface area (Å²) in [4.78, 5) is 7.08. The van der Waals surface area contributed by atoms with Gasteiger partial charge in [0.25, 0.3) is 0 Å². The van der Waals surface area contributed by atoms with E-state index < -0.39 is 0 Å². The van der Waals surface area contributed by atoms with E-state index in [-0.39, 0.29) is 0 Å². The van der Waals surface area contributed by atoms with Gasteiger partial charge in [0.1, 0.15) is 0 Å². The summed E-state index contributed by atoms with van der Waals surface area (Å²) in [5, 5.41) is 0.676. The number of terminal acetylenes is 1. The summed E-state index contributed by atoms with van der Waals surface area (Å²) in [6, 6.07) is 5.41. The highest BCUT2D eigenvalue weighted by Crippen LogP contribution is 2.16. The molecule has 2 rings (SSSR count). The molecule has 58 valence electrons. The van der Waals surface area contributed by atoms with Gasteiger partial charge in [0, 0.05) is 5.02 Å². The van der Waals surface area contributed by atoms with Crippen LogP contribution in [-0.2, 0) is 0 Å². The zero-order chi connectivity index (χ0) is 8.55. The van der Waals surface area contributed by atoms with Gasteiger partial charge < -0.3 is 4.98 Å². The number of halogens is 1. The van der Waals surface area contributed by atoms with E-state index in [1.54, 1.807) is 12.1 Å². The van der Waals surface area contributed by atoms with Crippen molar-refractivity contribution in [3.05, 3.63) is 29.0 Å². The lowest BCUT2D eigenvalue weighted by Gasteiger charge is -1.87. The average Bonchev–Trinajstić information content (AvgIpc) is 2.46. The van der Waals surface area contributed by atoms with E-state index in [9.17, 15) is 0 Å². The first-order chi connectivity index (χ1) is 5.79. The van der Waals surface area contributed by atoms with Crippen molar-refractivity contribution >= 4 is 22.6 Å². The smallest absolute Gasteiger partial charge is 0.183 e. The summed E-state index contributed by atoms with van der Waals surface area (Å²) < 4.78 is 0. The minimum absolute atomic E-state index is 0.535. The Morgan fingerprint density at radius 3 is 3.08 bits per heavy atom. The molecule has 0 aliphatic rings. The van der Waals surface area contributed by atoms with Gasteiger partial charge in [-0.1, -0.05) is 11.6 Å². The predicted octanol–water partition coefficient (Wildman–Crippen LogP) is 2.20. The molecule has 0 amide bonds. The highest BCUT2D eigenvalue weighted by molar-refractivity contribution is 6.31. The fourth-order valence-electron chi connectivity index (χ4n) is 1.05. The molecule has 2 nitrogen and oxygen atoms in total. The molecule has 0 aliphatic carbocycles. The third kappa shape index (κ3) is 1.05. The average molecular weight is 177 g/mol. The van der Waals surface area contributed by atoms with Gasteiger partial charge in [0.2, 0.25) is 0 Å². The van der Waals surface area contributed by atoms with Gasteiger partial charge >= 0.3 is 0 Å². The third-order valence-corrected chi connectivity index (χ3v) is 1.82. The van der Waals surface area contributed by atoms with E-state index in [0.717, 1.165) is 11.0 Å². The number of H-pyrrole nitrogens is 1. The molecule has 0 radical (unpaired) electrons. The van der Waals surface area contributed by atoms with E-state index in [0.29, 0.717) is 10.8 Å².